The lowest BCUT2D eigenvalue weighted by molar-refractivity contribution is 0.518. The second-order valence-electron chi connectivity index (χ2n) is 6.86. The number of hydrogen-bond acceptors (Lipinski definition) is 3. The summed E-state index contributed by atoms with van der Waals surface area (Å²) in [5, 5.41) is 1.97. The SMILES string of the molecule is NC1=CCCc2c1c(=O)nc1n(C3CCCC3)c3c(n21)=C=C=C(Br)C=3. The molecule has 0 amide bonds. The third-order valence-electron chi connectivity index (χ3n) is 5.40. The molecular formula is C19H17BrN4O. The summed E-state index contributed by atoms with van der Waals surface area (Å²) < 4.78 is 5.17. The van der Waals surface area contributed by atoms with Crippen molar-refractivity contribution in [3.05, 3.63) is 48.6 Å². The minimum absolute atomic E-state index is 0.228. The summed E-state index contributed by atoms with van der Waals surface area (Å²) in [7, 11) is 0. The third kappa shape index (κ3) is 2.09. The van der Waals surface area contributed by atoms with Crippen molar-refractivity contribution < 1.29 is 0 Å². The first-order valence-corrected chi connectivity index (χ1v) is 9.49. The Kier molecular flexibility index (Phi) is 3.23. The smallest absolute Gasteiger partial charge is 0.284 e. The molecule has 2 N–H and O–H groups in total. The highest BCUT2D eigenvalue weighted by Crippen LogP contribution is 2.30. The summed E-state index contributed by atoms with van der Waals surface area (Å²) in [6.07, 6.45) is 10.2. The standard InChI is InChI=1S/C19H17BrN4O/c20-11-8-9-14-16(10-11)23(12-4-1-2-5-12)19-22-18(25)17-13(21)6-3-7-15(17)24(14)19/h6,10,12H,1-5,7,21H2. The lowest BCUT2D eigenvalue weighted by Gasteiger charge is -2.17. The fourth-order valence-corrected chi connectivity index (χ4v) is 4.65. The van der Waals surface area contributed by atoms with Crippen LogP contribution in [0.5, 0.6) is 0 Å². The summed E-state index contributed by atoms with van der Waals surface area (Å²) in [4.78, 5) is 17.2. The van der Waals surface area contributed by atoms with Crippen LogP contribution in [-0.2, 0) is 6.42 Å². The molecule has 5 rings (SSSR count). The van der Waals surface area contributed by atoms with E-state index >= 15 is 0 Å². The van der Waals surface area contributed by atoms with E-state index in [0.29, 0.717) is 23.1 Å². The molecular weight excluding hydrogens is 380 g/mol. The maximum absolute atomic E-state index is 12.7. The first kappa shape index (κ1) is 15.0. The van der Waals surface area contributed by atoms with Crippen molar-refractivity contribution in [3.8, 4) is 0 Å². The van der Waals surface area contributed by atoms with Crippen LogP contribution in [0, 0.1) is 0 Å². The zero-order chi connectivity index (χ0) is 17.1. The molecule has 126 valence electrons. The van der Waals surface area contributed by atoms with Gasteiger partial charge in [-0.25, -0.2) is 0 Å². The molecule has 3 aliphatic carbocycles. The number of aromatic nitrogens is 3. The molecule has 0 radical (unpaired) electrons. The van der Waals surface area contributed by atoms with Crippen molar-refractivity contribution in [1.82, 2.24) is 14.0 Å². The van der Waals surface area contributed by atoms with E-state index in [4.69, 9.17) is 5.73 Å². The molecule has 6 heteroatoms. The second-order valence-corrected chi connectivity index (χ2v) is 7.71. The van der Waals surface area contributed by atoms with Gasteiger partial charge in [0.2, 0.25) is 5.78 Å². The van der Waals surface area contributed by atoms with Gasteiger partial charge in [-0.05, 0) is 53.4 Å². The summed E-state index contributed by atoms with van der Waals surface area (Å²) >= 11 is 3.51. The monoisotopic (exact) mass is 396 g/mol. The molecule has 0 unspecified atom stereocenters. The summed E-state index contributed by atoms with van der Waals surface area (Å²) in [5.41, 5.74) is 14.3. The van der Waals surface area contributed by atoms with E-state index in [-0.39, 0.29) is 5.56 Å². The minimum Gasteiger partial charge on any atom is -0.398 e. The Morgan fingerprint density at radius 3 is 2.88 bits per heavy atom. The zero-order valence-electron chi connectivity index (χ0n) is 13.7. The number of hydrogen-bond donors (Lipinski definition) is 1. The molecule has 0 saturated heterocycles. The molecule has 3 aliphatic rings. The van der Waals surface area contributed by atoms with Gasteiger partial charge in [-0.3, -0.25) is 9.20 Å². The quantitative estimate of drug-likeness (QED) is 0.742. The van der Waals surface area contributed by atoms with Crippen LogP contribution in [0.25, 0.3) is 23.3 Å². The molecule has 2 heterocycles. The van der Waals surface area contributed by atoms with Crippen molar-refractivity contribution in [2.24, 2.45) is 5.73 Å². The Morgan fingerprint density at radius 2 is 2.08 bits per heavy atom. The lowest BCUT2D eigenvalue weighted by atomic mass is 10.0. The highest BCUT2D eigenvalue weighted by atomic mass is 79.9. The van der Waals surface area contributed by atoms with Crippen LogP contribution >= 0.6 is 15.9 Å². The maximum Gasteiger partial charge on any atom is 0.284 e. The summed E-state index contributed by atoms with van der Waals surface area (Å²) in [5.74, 6) is 0.711. The van der Waals surface area contributed by atoms with Gasteiger partial charge >= 0.3 is 0 Å². The van der Waals surface area contributed by atoms with Gasteiger partial charge in [0.05, 0.1) is 15.4 Å². The van der Waals surface area contributed by atoms with Gasteiger partial charge in [0.15, 0.2) is 0 Å². The lowest BCUT2D eigenvalue weighted by Crippen LogP contribution is -2.34. The molecule has 0 aliphatic heterocycles. The van der Waals surface area contributed by atoms with Crippen LogP contribution in [0.4, 0.5) is 0 Å². The van der Waals surface area contributed by atoms with Gasteiger partial charge in [0.1, 0.15) is 5.35 Å². The van der Waals surface area contributed by atoms with Gasteiger partial charge in [-0.15, -0.1) is 0 Å². The molecule has 0 bridgehead atoms. The van der Waals surface area contributed by atoms with Crippen LogP contribution in [0.2, 0.25) is 0 Å². The zero-order valence-corrected chi connectivity index (χ0v) is 15.3. The topological polar surface area (TPSA) is 65.3 Å². The van der Waals surface area contributed by atoms with E-state index in [9.17, 15) is 4.79 Å². The van der Waals surface area contributed by atoms with E-state index in [1.807, 2.05) is 6.08 Å². The van der Waals surface area contributed by atoms with Gasteiger partial charge in [-0.2, -0.15) is 4.98 Å². The summed E-state index contributed by atoms with van der Waals surface area (Å²) in [6, 6.07) is 0.372. The third-order valence-corrected chi connectivity index (χ3v) is 5.83. The molecule has 5 nitrogen and oxygen atoms in total. The van der Waals surface area contributed by atoms with Crippen LogP contribution in [-0.4, -0.2) is 14.0 Å². The Labute approximate surface area is 152 Å². The Balaban J connectivity index is 2.02. The van der Waals surface area contributed by atoms with E-state index in [1.165, 1.54) is 12.8 Å². The first-order chi connectivity index (χ1) is 12.1. The molecule has 0 atom stereocenters. The average molecular weight is 397 g/mol. The highest BCUT2D eigenvalue weighted by Gasteiger charge is 2.26. The largest absolute Gasteiger partial charge is 0.398 e. The predicted molar refractivity (Wildman–Crippen MR) is 101 cm³/mol. The van der Waals surface area contributed by atoms with Gasteiger partial charge in [0.25, 0.3) is 5.56 Å². The molecule has 2 aromatic rings. The van der Waals surface area contributed by atoms with Crippen molar-refractivity contribution in [3.63, 3.8) is 0 Å². The molecule has 0 aromatic carbocycles. The van der Waals surface area contributed by atoms with Gasteiger partial charge in [0, 0.05) is 17.4 Å². The van der Waals surface area contributed by atoms with Gasteiger partial charge < -0.3 is 10.3 Å². The van der Waals surface area contributed by atoms with Crippen LogP contribution < -0.4 is 22.0 Å². The number of halogens is 1. The number of rotatable bonds is 1. The normalized spacial score (nSPS) is 19.1. The van der Waals surface area contributed by atoms with Gasteiger partial charge in [-0.1, -0.05) is 24.6 Å². The molecule has 1 saturated carbocycles. The van der Waals surface area contributed by atoms with Crippen LogP contribution in [0.15, 0.2) is 21.1 Å². The first-order valence-electron chi connectivity index (χ1n) is 8.70. The van der Waals surface area contributed by atoms with E-state index in [0.717, 1.165) is 46.6 Å². The number of imidazole rings is 1. The molecule has 25 heavy (non-hydrogen) atoms. The van der Waals surface area contributed by atoms with Crippen LogP contribution in [0.1, 0.15) is 49.4 Å². The number of nitrogens with zero attached hydrogens (tertiary/aromatic N) is 3. The predicted octanol–water partition coefficient (Wildman–Crippen LogP) is 1.46. The second kappa shape index (κ2) is 5.37. The van der Waals surface area contributed by atoms with Crippen molar-refractivity contribution in [1.29, 1.82) is 0 Å². The Bertz CT molecular complexity index is 1210. The van der Waals surface area contributed by atoms with Crippen molar-refractivity contribution >= 4 is 39.2 Å². The van der Waals surface area contributed by atoms with Crippen molar-refractivity contribution in [2.45, 2.75) is 44.6 Å². The fourth-order valence-electron chi connectivity index (χ4n) is 4.33. The number of aryl methyl sites for hydroxylation is 1. The fraction of sp³-hybridized carbons (Fsp3) is 0.368. The Hall–Kier alpha value is -2.26. The average Bonchev–Trinajstić information content (AvgIpc) is 3.19. The summed E-state index contributed by atoms with van der Waals surface area (Å²) in [6.45, 7) is 0. The number of nitrogens with two attached hydrogens (primary N) is 1. The van der Waals surface area contributed by atoms with E-state index < -0.39 is 0 Å². The number of fused-ring (bicyclic) bond motifs is 5. The van der Waals surface area contributed by atoms with Crippen LogP contribution in [0.3, 0.4) is 0 Å². The maximum atomic E-state index is 12.7. The van der Waals surface area contributed by atoms with Crippen molar-refractivity contribution in [2.75, 3.05) is 0 Å². The van der Waals surface area contributed by atoms with E-state index in [2.05, 4.69) is 47.4 Å². The molecule has 1 fully saturated rings. The molecule has 0 spiro atoms. The highest BCUT2D eigenvalue weighted by molar-refractivity contribution is 9.12. The number of allylic oxidation sites excluding steroid dienone is 2. The van der Waals surface area contributed by atoms with E-state index in [1.54, 1.807) is 0 Å². The minimum atomic E-state index is -0.228. The molecule has 2 aromatic heterocycles. The Morgan fingerprint density at radius 1 is 1.28 bits per heavy atom.